The Hall–Kier alpha value is -2.62. The molecule has 22 heavy (non-hydrogen) atoms. The Morgan fingerprint density at radius 2 is 1.64 bits per heavy atom. The van der Waals surface area contributed by atoms with Gasteiger partial charge in [0.15, 0.2) is 0 Å². The van der Waals surface area contributed by atoms with E-state index in [1.807, 2.05) is 61.5 Å². The molecular formula is C18H18O4. The van der Waals surface area contributed by atoms with Crippen LogP contribution >= 0.6 is 0 Å². The number of esters is 1. The van der Waals surface area contributed by atoms with Crippen molar-refractivity contribution in [3.05, 3.63) is 65.7 Å². The lowest BCUT2D eigenvalue weighted by Crippen LogP contribution is -2.19. The molecule has 0 heterocycles. The van der Waals surface area contributed by atoms with Crippen LogP contribution in [-0.4, -0.2) is 18.4 Å². The lowest BCUT2D eigenvalue weighted by molar-refractivity contribution is -0.155. The Kier molecular flexibility index (Phi) is 5.72. The number of hydrogen-bond acceptors (Lipinski definition) is 4. The van der Waals surface area contributed by atoms with Gasteiger partial charge in [-0.3, -0.25) is 4.79 Å². The van der Waals surface area contributed by atoms with Crippen LogP contribution in [0.3, 0.4) is 0 Å². The summed E-state index contributed by atoms with van der Waals surface area (Å²) >= 11 is 0. The largest absolute Gasteiger partial charge is 0.493 e. The molecule has 0 saturated carbocycles. The van der Waals surface area contributed by atoms with Crippen LogP contribution < -0.4 is 4.74 Å². The van der Waals surface area contributed by atoms with Gasteiger partial charge in [0.1, 0.15) is 12.4 Å². The fraction of sp³-hybridized carbons (Fsp3) is 0.222. The average molecular weight is 298 g/mol. The zero-order valence-electron chi connectivity index (χ0n) is 12.5. The van der Waals surface area contributed by atoms with Gasteiger partial charge < -0.3 is 9.47 Å². The van der Waals surface area contributed by atoms with Crippen molar-refractivity contribution in [1.82, 2.24) is 0 Å². The number of aryl methyl sites for hydroxylation is 1. The van der Waals surface area contributed by atoms with Crippen molar-refractivity contribution in [2.75, 3.05) is 6.61 Å². The van der Waals surface area contributed by atoms with Gasteiger partial charge in [-0.25, -0.2) is 4.79 Å². The first kappa shape index (κ1) is 15.8. The molecule has 0 unspecified atom stereocenters. The van der Waals surface area contributed by atoms with Crippen molar-refractivity contribution in [2.24, 2.45) is 0 Å². The van der Waals surface area contributed by atoms with Crippen molar-refractivity contribution in [3.63, 3.8) is 0 Å². The van der Waals surface area contributed by atoms with E-state index in [9.17, 15) is 9.59 Å². The summed E-state index contributed by atoms with van der Waals surface area (Å²) in [5, 5.41) is 0. The topological polar surface area (TPSA) is 52.6 Å². The van der Waals surface area contributed by atoms with E-state index >= 15 is 0 Å². The molecule has 0 amide bonds. The maximum absolute atomic E-state index is 11.7. The summed E-state index contributed by atoms with van der Waals surface area (Å²) in [6.45, 7) is 2.24. The van der Waals surface area contributed by atoms with Crippen molar-refractivity contribution in [2.45, 2.75) is 20.0 Å². The van der Waals surface area contributed by atoms with Gasteiger partial charge in [0.25, 0.3) is 0 Å². The number of Topliss-reactive ketones (excluding diaryl/α,β-unsaturated/α-hetero) is 1. The van der Waals surface area contributed by atoms with Crippen LogP contribution in [0.15, 0.2) is 54.6 Å². The minimum absolute atomic E-state index is 0.00149. The van der Waals surface area contributed by atoms with E-state index in [0.717, 1.165) is 11.1 Å². The Morgan fingerprint density at radius 3 is 2.32 bits per heavy atom. The summed E-state index contributed by atoms with van der Waals surface area (Å²) < 4.78 is 10.4. The molecule has 0 aliphatic rings. The van der Waals surface area contributed by atoms with Crippen LogP contribution in [0.1, 0.15) is 17.5 Å². The molecule has 4 heteroatoms. The van der Waals surface area contributed by atoms with Gasteiger partial charge in [0.05, 0.1) is 13.0 Å². The zero-order chi connectivity index (χ0) is 15.8. The maximum atomic E-state index is 11.7. The Balaban J connectivity index is 1.70. The molecule has 2 aromatic carbocycles. The predicted octanol–water partition coefficient (Wildman–Crippen LogP) is 3.08. The van der Waals surface area contributed by atoms with E-state index < -0.39 is 11.8 Å². The second kappa shape index (κ2) is 7.98. The SMILES string of the molecule is Cc1ccc(OCCC(=O)C(=O)OCc2ccccc2)cc1. The van der Waals surface area contributed by atoms with Gasteiger partial charge in [-0.15, -0.1) is 0 Å². The second-order valence-corrected chi connectivity index (χ2v) is 4.90. The molecule has 0 spiro atoms. The molecule has 0 aliphatic heterocycles. The number of ketones is 1. The highest BCUT2D eigenvalue weighted by Gasteiger charge is 2.15. The van der Waals surface area contributed by atoms with E-state index in [4.69, 9.17) is 9.47 Å². The lowest BCUT2D eigenvalue weighted by Gasteiger charge is -2.06. The second-order valence-electron chi connectivity index (χ2n) is 4.90. The first-order valence-corrected chi connectivity index (χ1v) is 7.08. The fourth-order valence-corrected chi connectivity index (χ4v) is 1.80. The van der Waals surface area contributed by atoms with Gasteiger partial charge in [0, 0.05) is 0 Å². The van der Waals surface area contributed by atoms with E-state index in [-0.39, 0.29) is 19.6 Å². The molecule has 0 aromatic heterocycles. The highest BCUT2D eigenvalue weighted by atomic mass is 16.5. The molecule has 0 atom stereocenters. The molecule has 0 N–H and O–H groups in total. The van der Waals surface area contributed by atoms with Crippen molar-refractivity contribution < 1.29 is 19.1 Å². The monoisotopic (exact) mass is 298 g/mol. The smallest absolute Gasteiger partial charge is 0.375 e. The van der Waals surface area contributed by atoms with Gasteiger partial charge in [-0.05, 0) is 24.6 Å². The van der Waals surface area contributed by atoms with Crippen molar-refractivity contribution in [1.29, 1.82) is 0 Å². The van der Waals surface area contributed by atoms with E-state index in [1.54, 1.807) is 0 Å². The maximum Gasteiger partial charge on any atom is 0.375 e. The third kappa shape index (κ3) is 5.05. The summed E-state index contributed by atoms with van der Waals surface area (Å²) in [6.07, 6.45) is 0.00149. The minimum Gasteiger partial charge on any atom is -0.493 e. The van der Waals surface area contributed by atoms with E-state index in [0.29, 0.717) is 5.75 Å². The van der Waals surface area contributed by atoms with E-state index in [2.05, 4.69) is 0 Å². The molecule has 0 saturated heterocycles. The summed E-state index contributed by atoms with van der Waals surface area (Å²) in [5.74, 6) is -0.726. The third-order valence-corrected chi connectivity index (χ3v) is 3.06. The third-order valence-electron chi connectivity index (χ3n) is 3.06. The quantitative estimate of drug-likeness (QED) is 0.582. The molecule has 0 aliphatic carbocycles. The standard InChI is InChI=1S/C18H18O4/c1-14-7-9-16(10-8-14)21-12-11-17(19)18(20)22-13-15-5-3-2-4-6-15/h2-10H,11-13H2,1H3. The van der Waals surface area contributed by atoms with Crippen molar-refractivity contribution >= 4 is 11.8 Å². The molecule has 114 valence electrons. The number of carbonyl (C=O) groups is 2. The van der Waals surface area contributed by atoms with Crippen LogP contribution in [0.5, 0.6) is 5.75 Å². The van der Waals surface area contributed by atoms with Gasteiger partial charge >= 0.3 is 5.97 Å². The van der Waals surface area contributed by atoms with Crippen LogP contribution in [0.2, 0.25) is 0 Å². The van der Waals surface area contributed by atoms with Gasteiger partial charge in [-0.2, -0.15) is 0 Å². The first-order chi connectivity index (χ1) is 10.6. The van der Waals surface area contributed by atoms with Crippen LogP contribution in [0, 0.1) is 6.92 Å². The molecule has 0 fully saturated rings. The molecule has 2 aromatic rings. The normalized spacial score (nSPS) is 10.0. The van der Waals surface area contributed by atoms with Crippen LogP contribution in [-0.2, 0) is 20.9 Å². The van der Waals surface area contributed by atoms with Crippen LogP contribution in [0.25, 0.3) is 0 Å². The summed E-state index contributed by atoms with van der Waals surface area (Å²) in [7, 11) is 0. The first-order valence-electron chi connectivity index (χ1n) is 7.08. The molecule has 0 bridgehead atoms. The van der Waals surface area contributed by atoms with Crippen LogP contribution in [0.4, 0.5) is 0 Å². The lowest BCUT2D eigenvalue weighted by atomic mass is 10.2. The Bertz CT molecular complexity index is 617. The minimum atomic E-state index is -0.823. The zero-order valence-corrected chi connectivity index (χ0v) is 12.5. The number of benzene rings is 2. The number of carbonyl (C=O) groups excluding carboxylic acids is 2. The summed E-state index contributed by atoms with van der Waals surface area (Å²) in [6, 6.07) is 16.7. The molecule has 2 rings (SSSR count). The number of rotatable bonds is 7. The molecule has 4 nitrogen and oxygen atoms in total. The average Bonchev–Trinajstić information content (AvgIpc) is 2.55. The fourth-order valence-electron chi connectivity index (χ4n) is 1.80. The number of ether oxygens (including phenoxy) is 2. The highest BCUT2D eigenvalue weighted by Crippen LogP contribution is 2.11. The predicted molar refractivity (Wildman–Crippen MR) is 82.5 cm³/mol. The van der Waals surface area contributed by atoms with Gasteiger partial charge in [0.2, 0.25) is 5.78 Å². The van der Waals surface area contributed by atoms with E-state index in [1.165, 1.54) is 0 Å². The molecular weight excluding hydrogens is 280 g/mol. The summed E-state index contributed by atoms with van der Waals surface area (Å²) in [5.41, 5.74) is 1.98. The summed E-state index contributed by atoms with van der Waals surface area (Å²) in [4.78, 5) is 23.2. The Morgan fingerprint density at radius 1 is 0.955 bits per heavy atom. The van der Waals surface area contributed by atoms with Crippen molar-refractivity contribution in [3.8, 4) is 5.75 Å². The Labute approximate surface area is 129 Å². The number of hydrogen-bond donors (Lipinski definition) is 0. The highest BCUT2D eigenvalue weighted by molar-refractivity contribution is 6.33. The van der Waals surface area contributed by atoms with Gasteiger partial charge in [-0.1, -0.05) is 48.0 Å². The molecule has 0 radical (unpaired) electrons.